The number of rotatable bonds is 2. The van der Waals surface area contributed by atoms with Crippen molar-refractivity contribution in [3.8, 4) is 0 Å². The molecule has 0 spiro atoms. The molecule has 30 valence electrons. The maximum Gasteiger partial charge on any atom is -0.0200 e. The third-order valence-corrected chi connectivity index (χ3v) is 1.00. The van der Waals surface area contributed by atoms with Gasteiger partial charge in [0.15, 0.2) is 0 Å². The molecule has 0 unspecified atom stereocenters. The first-order valence-corrected chi connectivity index (χ1v) is 2.89. The Kier molecular flexibility index (Phi) is 4.81. The molecule has 0 bridgehead atoms. The SMILES string of the molecule is C[CH]P[CH]C. The predicted molar refractivity (Wildman–Crippen MR) is 28.3 cm³/mol. The summed E-state index contributed by atoms with van der Waals surface area (Å²) in [5.74, 6) is 0. The summed E-state index contributed by atoms with van der Waals surface area (Å²) in [7, 11) is 0.948. The highest BCUT2D eigenvalue weighted by molar-refractivity contribution is 7.42. The molecule has 0 aliphatic rings. The van der Waals surface area contributed by atoms with Crippen molar-refractivity contribution in [1.29, 1.82) is 0 Å². The van der Waals surface area contributed by atoms with Crippen LogP contribution >= 0.6 is 8.58 Å². The second kappa shape index (κ2) is 4.43. The van der Waals surface area contributed by atoms with Gasteiger partial charge in [0.2, 0.25) is 0 Å². The fraction of sp³-hybridized carbons (Fsp3) is 0.500. The highest BCUT2D eigenvalue weighted by Gasteiger charge is 1.68. The van der Waals surface area contributed by atoms with Crippen molar-refractivity contribution in [2.75, 3.05) is 0 Å². The molecular formula is C4H9P. The van der Waals surface area contributed by atoms with Gasteiger partial charge in [0, 0.05) is 0 Å². The lowest BCUT2D eigenvalue weighted by Gasteiger charge is -1.79. The van der Waals surface area contributed by atoms with Crippen molar-refractivity contribution in [1.82, 2.24) is 0 Å². The van der Waals surface area contributed by atoms with Crippen molar-refractivity contribution >= 4 is 8.58 Å². The van der Waals surface area contributed by atoms with Crippen molar-refractivity contribution in [2.45, 2.75) is 13.8 Å². The number of hydrogen-bond acceptors (Lipinski definition) is 0. The fourth-order valence-corrected chi connectivity index (χ4v) is 0.500. The zero-order valence-electron chi connectivity index (χ0n) is 3.65. The van der Waals surface area contributed by atoms with Gasteiger partial charge in [-0.2, -0.15) is 0 Å². The summed E-state index contributed by atoms with van der Waals surface area (Å²) in [5, 5.41) is 0. The van der Waals surface area contributed by atoms with Gasteiger partial charge < -0.3 is 0 Å². The zero-order valence-corrected chi connectivity index (χ0v) is 4.65. The van der Waals surface area contributed by atoms with Crippen LogP contribution in [0, 0.1) is 12.3 Å². The third-order valence-electron chi connectivity index (χ3n) is 0.333. The van der Waals surface area contributed by atoms with E-state index in [2.05, 4.69) is 26.2 Å². The Morgan fingerprint density at radius 3 is 1.60 bits per heavy atom. The van der Waals surface area contributed by atoms with Gasteiger partial charge in [-0.05, 0) is 12.3 Å². The minimum atomic E-state index is 0.948. The molecule has 0 saturated heterocycles. The first-order chi connectivity index (χ1) is 2.41. The van der Waals surface area contributed by atoms with E-state index in [0.717, 1.165) is 8.58 Å². The summed E-state index contributed by atoms with van der Waals surface area (Å²) >= 11 is 0. The molecule has 0 N–H and O–H groups in total. The molecule has 0 heterocycles. The average Bonchev–Trinajstić information content (AvgIpc) is 1.41. The first-order valence-electron chi connectivity index (χ1n) is 1.73. The van der Waals surface area contributed by atoms with Crippen LogP contribution in [0.3, 0.4) is 0 Å². The molecule has 2 radical (unpaired) electrons. The van der Waals surface area contributed by atoms with Crippen molar-refractivity contribution in [3.63, 3.8) is 0 Å². The van der Waals surface area contributed by atoms with Crippen LogP contribution < -0.4 is 0 Å². The van der Waals surface area contributed by atoms with E-state index in [-0.39, 0.29) is 0 Å². The minimum Gasteiger partial charge on any atom is -0.115 e. The smallest absolute Gasteiger partial charge is 0.0200 e. The molecule has 5 heavy (non-hydrogen) atoms. The van der Waals surface area contributed by atoms with Crippen LogP contribution in [-0.4, -0.2) is 0 Å². The molecular weight excluding hydrogens is 79.0 g/mol. The lowest BCUT2D eigenvalue weighted by molar-refractivity contribution is 1.67. The van der Waals surface area contributed by atoms with E-state index in [0.29, 0.717) is 0 Å². The molecule has 0 aromatic rings. The Bertz CT molecular complexity index is 11.1. The Morgan fingerprint density at radius 2 is 1.60 bits per heavy atom. The molecule has 0 saturated carbocycles. The van der Waals surface area contributed by atoms with Crippen LogP contribution in [0.1, 0.15) is 13.8 Å². The Hall–Kier alpha value is 0.430. The highest BCUT2D eigenvalue weighted by Crippen LogP contribution is 2.14. The van der Waals surface area contributed by atoms with E-state index in [1.807, 2.05) is 0 Å². The van der Waals surface area contributed by atoms with E-state index in [1.165, 1.54) is 0 Å². The summed E-state index contributed by atoms with van der Waals surface area (Å²) in [5.41, 5.74) is 0. The molecule has 0 atom stereocenters. The fourth-order valence-electron chi connectivity index (χ4n) is 0.167. The molecule has 0 nitrogen and oxygen atoms in total. The normalized spacial score (nSPS) is 8.40. The summed E-state index contributed by atoms with van der Waals surface area (Å²) in [6.07, 6.45) is 4.31. The van der Waals surface area contributed by atoms with Gasteiger partial charge in [0.1, 0.15) is 0 Å². The largest absolute Gasteiger partial charge is 0.115 e. The predicted octanol–water partition coefficient (Wildman–Crippen LogP) is 2.03. The van der Waals surface area contributed by atoms with Crippen LogP contribution in [-0.2, 0) is 0 Å². The quantitative estimate of drug-likeness (QED) is 0.453. The molecule has 0 rings (SSSR count). The van der Waals surface area contributed by atoms with E-state index in [9.17, 15) is 0 Å². The molecule has 0 fully saturated rings. The lowest BCUT2D eigenvalue weighted by atomic mass is 11.0. The average molecular weight is 88.1 g/mol. The maximum atomic E-state index is 2.15. The Labute approximate surface area is 35.7 Å². The molecule has 0 aliphatic heterocycles. The minimum absolute atomic E-state index is 0.948. The van der Waals surface area contributed by atoms with Crippen LogP contribution in [0.5, 0.6) is 0 Å². The summed E-state index contributed by atoms with van der Waals surface area (Å²) in [6, 6.07) is 0. The second-order valence-corrected chi connectivity index (χ2v) is 2.23. The van der Waals surface area contributed by atoms with Crippen LogP contribution in [0.25, 0.3) is 0 Å². The van der Waals surface area contributed by atoms with Crippen LogP contribution in [0.4, 0.5) is 0 Å². The summed E-state index contributed by atoms with van der Waals surface area (Å²) in [4.78, 5) is 0. The van der Waals surface area contributed by atoms with Crippen LogP contribution in [0.15, 0.2) is 0 Å². The van der Waals surface area contributed by atoms with E-state index < -0.39 is 0 Å². The first kappa shape index (κ1) is 5.43. The zero-order chi connectivity index (χ0) is 4.12. The van der Waals surface area contributed by atoms with Crippen molar-refractivity contribution < 1.29 is 0 Å². The van der Waals surface area contributed by atoms with Gasteiger partial charge in [-0.25, -0.2) is 0 Å². The maximum absolute atomic E-state index is 2.15. The standard InChI is InChI=1S/C4H9P/c1-3-5-4-2/h3-5H,1-2H3. The Balaban J connectivity index is 2.19. The van der Waals surface area contributed by atoms with Gasteiger partial charge in [-0.1, -0.05) is 13.8 Å². The monoisotopic (exact) mass is 88.0 g/mol. The lowest BCUT2D eigenvalue weighted by Crippen LogP contribution is -1.43. The van der Waals surface area contributed by atoms with Crippen LogP contribution in [0.2, 0.25) is 0 Å². The summed E-state index contributed by atoms with van der Waals surface area (Å²) in [6.45, 7) is 4.14. The van der Waals surface area contributed by atoms with Crippen molar-refractivity contribution in [2.24, 2.45) is 0 Å². The van der Waals surface area contributed by atoms with Gasteiger partial charge in [-0.15, -0.1) is 8.58 Å². The molecule has 1 heteroatoms. The highest BCUT2D eigenvalue weighted by atomic mass is 31.1. The van der Waals surface area contributed by atoms with Gasteiger partial charge in [0.25, 0.3) is 0 Å². The number of hydrogen-bond donors (Lipinski definition) is 0. The Morgan fingerprint density at radius 1 is 1.20 bits per heavy atom. The van der Waals surface area contributed by atoms with Crippen molar-refractivity contribution in [3.05, 3.63) is 12.3 Å². The third kappa shape index (κ3) is 4.43. The topological polar surface area (TPSA) is 0 Å². The molecule has 0 aliphatic carbocycles. The molecule has 0 amide bonds. The van der Waals surface area contributed by atoms with Gasteiger partial charge >= 0.3 is 0 Å². The summed E-state index contributed by atoms with van der Waals surface area (Å²) < 4.78 is 0. The van der Waals surface area contributed by atoms with E-state index >= 15 is 0 Å². The van der Waals surface area contributed by atoms with Gasteiger partial charge in [0.05, 0.1) is 0 Å². The van der Waals surface area contributed by atoms with E-state index in [4.69, 9.17) is 0 Å². The second-order valence-electron chi connectivity index (χ2n) is 0.744. The van der Waals surface area contributed by atoms with E-state index in [1.54, 1.807) is 0 Å². The van der Waals surface area contributed by atoms with Gasteiger partial charge in [-0.3, -0.25) is 0 Å². The molecule has 0 aromatic heterocycles. The molecule has 0 aromatic carbocycles.